The molecule has 1 atom stereocenters. The van der Waals surface area contributed by atoms with Crippen LogP contribution in [0.3, 0.4) is 0 Å². The van der Waals surface area contributed by atoms with Crippen LogP contribution < -0.4 is 16.6 Å². The van der Waals surface area contributed by atoms with Crippen molar-refractivity contribution < 1.29 is 9.90 Å². The van der Waals surface area contributed by atoms with Crippen molar-refractivity contribution in [1.29, 1.82) is 0 Å². The minimum Gasteiger partial charge on any atom is -0.480 e. The number of H-pyrrole nitrogens is 1. The average Bonchev–Trinajstić information content (AvgIpc) is 2.26. The van der Waals surface area contributed by atoms with Gasteiger partial charge in [0, 0.05) is 12.3 Å². The fraction of sp³-hybridized carbons (Fsp3) is 0.500. The predicted octanol–water partition coefficient (Wildman–Crippen LogP) is -1.01. The maximum atomic E-state index is 11.4. The summed E-state index contributed by atoms with van der Waals surface area (Å²) in [5.41, 5.74) is -1.11. The van der Waals surface area contributed by atoms with Crippen molar-refractivity contribution in [3.63, 3.8) is 0 Å². The Morgan fingerprint density at radius 2 is 2.29 bits per heavy atom. The van der Waals surface area contributed by atoms with Gasteiger partial charge in [0.2, 0.25) is 0 Å². The lowest BCUT2D eigenvalue weighted by atomic mass is 10.3. The van der Waals surface area contributed by atoms with Gasteiger partial charge in [0.05, 0.1) is 6.54 Å². The average molecular weight is 241 g/mol. The standard InChI is InChI=1S/C10H15N3O4/c1-2-4-11-7(9(15)16)6-13-5-3-8(14)12-10(13)17/h3,5,7,11H,2,4,6H2,1H3,(H,15,16)(H,12,14,17). The molecule has 0 saturated carbocycles. The Balaban J connectivity index is 2.82. The molecule has 0 aliphatic heterocycles. The molecule has 0 aromatic carbocycles. The monoisotopic (exact) mass is 241 g/mol. The van der Waals surface area contributed by atoms with Crippen LogP contribution in [0.25, 0.3) is 0 Å². The highest BCUT2D eigenvalue weighted by Crippen LogP contribution is 1.90. The lowest BCUT2D eigenvalue weighted by Crippen LogP contribution is -2.43. The molecule has 7 nitrogen and oxygen atoms in total. The van der Waals surface area contributed by atoms with E-state index in [1.54, 1.807) is 0 Å². The van der Waals surface area contributed by atoms with Crippen molar-refractivity contribution in [3.8, 4) is 0 Å². The second kappa shape index (κ2) is 6.00. The largest absolute Gasteiger partial charge is 0.480 e. The second-order valence-electron chi connectivity index (χ2n) is 3.61. The summed E-state index contributed by atoms with van der Waals surface area (Å²) in [4.78, 5) is 35.2. The van der Waals surface area contributed by atoms with E-state index in [-0.39, 0.29) is 6.54 Å². The summed E-state index contributed by atoms with van der Waals surface area (Å²) in [6, 6.07) is 0.332. The molecule has 17 heavy (non-hydrogen) atoms. The Hall–Kier alpha value is -1.89. The van der Waals surface area contributed by atoms with E-state index in [2.05, 4.69) is 10.3 Å². The highest BCUT2D eigenvalue weighted by Gasteiger charge is 2.17. The zero-order chi connectivity index (χ0) is 12.8. The number of hydrogen-bond acceptors (Lipinski definition) is 4. The van der Waals surface area contributed by atoms with Crippen molar-refractivity contribution in [3.05, 3.63) is 33.1 Å². The van der Waals surface area contributed by atoms with Crippen LogP contribution >= 0.6 is 0 Å². The third kappa shape index (κ3) is 3.87. The molecule has 0 saturated heterocycles. The van der Waals surface area contributed by atoms with Crippen LogP contribution in [-0.4, -0.2) is 33.2 Å². The number of carboxylic acid groups (broad SMARTS) is 1. The molecule has 0 bridgehead atoms. The van der Waals surface area contributed by atoms with Crippen molar-refractivity contribution in [1.82, 2.24) is 14.9 Å². The Bertz CT molecular complexity index is 491. The van der Waals surface area contributed by atoms with Gasteiger partial charge in [0.1, 0.15) is 6.04 Å². The van der Waals surface area contributed by atoms with E-state index in [4.69, 9.17) is 5.11 Å². The minimum absolute atomic E-state index is 0.0229. The lowest BCUT2D eigenvalue weighted by Gasteiger charge is -2.14. The van der Waals surface area contributed by atoms with Gasteiger partial charge in [-0.2, -0.15) is 0 Å². The summed E-state index contributed by atoms with van der Waals surface area (Å²) in [5.74, 6) is -1.03. The van der Waals surface area contributed by atoms with E-state index in [1.807, 2.05) is 6.92 Å². The molecule has 94 valence electrons. The molecule has 3 N–H and O–H groups in total. The number of nitrogens with zero attached hydrogens (tertiary/aromatic N) is 1. The molecule has 1 aromatic rings. The number of carbonyl (C=O) groups is 1. The van der Waals surface area contributed by atoms with E-state index in [0.717, 1.165) is 11.0 Å². The fourth-order valence-electron chi connectivity index (χ4n) is 1.33. The molecular weight excluding hydrogens is 226 g/mol. The van der Waals surface area contributed by atoms with Crippen LogP contribution in [0.4, 0.5) is 0 Å². The van der Waals surface area contributed by atoms with Crippen molar-refractivity contribution in [2.75, 3.05) is 6.54 Å². The Morgan fingerprint density at radius 3 is 2.82 bits per heavy atom. The van der Waals surface area contributed by atoms with E-state index in [0.29, 0.717) is 6.54 Å². The second-order valence-corrected chi connectivity index (χ2v) is 3.61. The molecular formula is C10H15N3O4. The first-order valence-electron chi connectivity index (χ1n) is 5.30. The maximum absolute atomic E-state index is 11.4. The van der Waals surface area contributed by atoms with Gasteiger partial charge in [0.15, 0.2) is 0 Å². The first-order valence-corrected chi connectivity index (χ1v) is 5.30. The smallest absolute Gasteiger partial charge is 0.328 e. The molecule has 0 spiro atoms. The third-order valence-electron chi connectivity index (χ3n) is 2.21. The van der Waals surface area contributed by atoms with Gasteiger partial charge >= 0.3 is 11.7 Å². The van der Waals surface area contributed by atoms with Crippen LogP contribution in [0, 0.1) is 0 Å². The van der Waals surface area contributed by atoms with Crippen molar-refractivity contribution in [2.45, 2.75) is 25.9 Å². The predicted molar refractivity (Wildman–Crippen MR) is 61.0 cm³/mol. The molecule has 1 aromatic heterocycles. The summed E-state index contributed by atoms with van der Waals surface area (Å²) in [6.45, 7) is 2.44. The van der Waals surface area contributed by atoms with Gasteiger partial charge in [0.25, 0.3) is 5.56 Å². The van der Waals surface area contributed by atoms with Gasteiger partial charge in [-0.15, -0.1) is 0 Å². The van der Waals surface area contributed by atoms with Gasteiger partial charge in [-0.05, 0) is 13.0 Å². The van der Waals surface area contributed by atoms with Crippen LogP contribution in [0.15, 0.2) is 21.9 Å². The number of carboxylic acids is 1. The topological polar surface area (TPSA) is 104 Å². The highest BCUT2D eigenvalue weighted by molar-refractivity contribution is 5.73. The lowest BCUT2D eigenvalue weighted by molar-refractivity contribution is -0.139. The van der Waals surface area contributed by atoms with Crippen LogP contribution in [0.5, 0.6) is 0 Å². The number of aliphatic carboxylic acids is 1. The summed E-state index contributed by atoms with van der Waals surface area (Å²) in [6.07, 6.45) is 2.08. The Labute approximate surface area is 97.1 Å². The number of aromatic amines is 1. The summed E-state index contributed by atoms with van der Waals surface area (Å²) < 4.78 is 1.16. The molecule has 1 rings (SSSR count). The number of nitrogens with one attached hydrogen (secondary N) is 2. The van der Waals surface area contributed by atoms with Gasteiger partial charge in [-0.3, -0.25) is 19.1 Å². The third-order valence-corrected chi connectivity index (χ3v) is 2.21. The fourth-order valence-corrected chi connectivity index (χ4v) is 1.33. The van der Waals surface area contributed by atoms with Crippen LogP contribution in [-0.2, 0) is 11.3 Å². The van der Waals surface area contributed by atoms with Crippen LogP contribution in [0.1, 0.15) is 13.3 Å². The van der Waals surface area contributed by atoms with E-state index in [1.165, 1.54) is 12.3 Å². The van der Waals surface area contributed by atoms with E-state index >= 15 is 0 Å². The zero-order valence-electron chi connectivity index (χ0n) is 9.47. The van der Waals surface area contributed by atoms with Gasteiger partial charge < -0.3 is 10.4 Å². The molecule has 0 aliphatic carbocycles. The summed E-state index contributed by atoms with van der Waals surface area (Å²) in [5, 5.41) is 11.8. The summed E-state index contributed by atoms with van der Waals surface area (Å²) >= 11 is 0. The van der Waals surface area contributed by atoms with Crippen molar-refractivity contribution >= 4 is 5.97 Å². The number of hydrogen-bond donors (Lipinski definition) is 3. The first kappa shape index (κ1) is 13.2. The molecule has 0 aliphatic rings. The molecule has 0 amide bonds. The van der Waals surface area contributed by atoms with Crippen molar-refractivity contribution in [2.24, 2.45) is 0 Å². The zero-order valence-corrected chi connectivity index (χ0v) is 9.47. The number of rotatable bonds is 6. The number of aromatic nitrogens is 2. The molecule has 7 heteroatoms. The van der Waals surface area contributed by atoms with E-state index in [9.17, 15) is 14.4 Å². The maximum Gasteiger partial charge on any atom is 0.328 e. The van der Waals surface area contributed by atoms with E-state index < -0.39 is 23.3 Å². The minimum atomic E-state index is -1.03. The van der Waals surface area contributed by atoms with Gasteiger partial charge in [-0.1, -0.05) is 6.92 Å². The molecule has 0 radical (unpaired) electrons. The Kier molecular flexibility index (Phi) is 4.65. The van der Waals surface area contributed by atoms with Gasteiger partial charge in [-0.25, -0.2) is 4.79 Å². The normalized spacial score (nSPS) is 12.3. The quantitative estimate of drug-likeness (QED) is 0.592. The SMILES string of the molecule is CCCNC(Cn1ccc(=O)[nH]c1=O)C(=O)O. The Morgan fingerprint density at radius 1 is 1.59 bits per heavy atom. The molecule has 1 unspecified atom stereocenters. The molecule has 1 heterocycles. The van der Waals surface area contributed by atoms with Crippen LogP contribution in [0.2, 0.25) is 0 Å². The first-order chi connectivity index (χ1) is 8.04. The highest BCUT2D eigenvalue weighted by atomic mass is 16.4. The summed E-state index contributed by atoms with van der Waals surface area (Å²) in [7, 11) is 0. The molecule has 0 fully saturated rings.